The van der Waals surface area contributed by atoms with E-state index in [1.165, 1.54) is 32.2 Å². The second-order valence-corrected chi connectivity index (χ2v) is 4.35. The molecule has 1 aliphatic carbocycles. The van der Waals surface area contributed by atoms with Crippen LogP contribution in [0.1, 0.15) is 32.6 Å². The summed E-state index contributed by atoms with van der Waals surface area (Å²) < 4.78 is 5.07. The molecule has 0 spiro atoms. The van der Waals surface area contributed by atoms with Crippen molar-refractivity contribution in [3.05, 3.63) is 0 Å². The summed E-state index contributed by atoms with van der Waals surface area (Å²) in [6.07, 6.45) is 5.77. The Hall–Kier alpha value is -0.0800. The number of rotatable bonds is 7. The lowest BCUT2D eigenvalue weighted by Crippen LogP contribution is -2.27. The van der Waals surface area contributed by atoms with E-state index in [9.17, 15) is 0 Å². The summed E-state index contributed by atoms with van der Waals surface area (Å²) >= 11 is 0. The summed E-state index contributed by atoms with van der Waals surface area (Å²) in [5, 5.41) is 3.49. The lowest BCUT2D eigenvalue weighted by molar-refractivity contribution is 0.158. The number of methoxy groups -OCH3 is 1. The highest BCUT2D eigenvalue weighted by Crippen LogP contribution is 2.28. The number of ether oxygens (including phenoxy) is 1. The molecule has 1 atom stereocenters. The van der Waals surface area contributed by atoms with Crippen LogP contribution in [-0.2, 0) is 4.74 Å². The van der Waals surface area contributed by atoms with Crippen LogP contribution in [0.5, 0.6) is 0 Å². The van der Waals surface area contributed by atoms with Crippen LogP contribution in [0.4, 0.5) is 0 Å². The molecule has 1 unspecified atom stereocenters. The molecule has 13 heavy (non-hydrogen) atoms. The average Bonchev–Trinajstić information content (AvgIpc) is 2.01. The maximum absolute atomic E-state index is 5.07. The van der Waals surface area contributed by atoms with Gasteiger partial charge in [0.25, 0.3) is 0 Å². The van der Waals surface area contributed by atoms with E-state index in [2.05, 4.69) is 12.2 Å². The molecule has 2 heteroatoms. The van der Waals surface area contributed by atoms with Gasteiger partial charge in [-0.2, -0.15) is 0 Å². The van der Waals surface area contributed by atoms with E-state index in [1.807, 2.05) is 0 Å². The molecular formula is C11H23NO. The second kappa shape index (κ2) is 6.39. The van der Waals surface area contributed by atoms with Crippen LogP contribution in [0, 0.1) is 11.8 Å². The van der Waals surface area contributed by atoms with E-state index < -0.39 is 0 Å². The molecule has 1 rings (SSSR count). The van der Waals surface area contributed by atoms with E-state index in [4.69, 9.17) is 4.74 Å². The predicted octanol–water partition coefficient (Wildman–Crippen LogP) is 2.05. The molecule has 0 bridgehead atoms. The van der Waals surface area contributed by atoms with Crippen LogP contribution < -0.4 is 5.32 Å². The number of hydrogen-bond donors (Lipinski definition) is 1. The molecule has 0 amide bonds. The molecule has 1 fully saturated rings. The van der Waals surface area contributed by atoms with E-state index in [0.29, 0.717) is 5.92 Å². The Balaban J connectivity index is 1.82. The Morgan fingerprint density at radius 3 is 2.77 bits per heavy atom. The summed E-state index contributed by atoms with van der Waals surface area (Å²) in [6, 6.07) is 0. The third kappa shape index (κ3) is 4.63. The minimum atomic E-state index is 0.645. The fourth-order valence-corrected chi connectivity index (χ4v) is 1.78. The molecule has 1 N–H and O–H groups in total. The first-order valence-electron chi connectivity index (χ1n) is 5.52. The quantitative estimate of drug-likeness (QED) is 0.613. The largest absolute Gasteiger partial charge is 0.384 e. The summed E-state index contributed by atoms with van der Waals surface area (Å²) in [5.74, 6) is 1.68. The second-order valence-electron chi connectivity index (χ2n) is 4.35. The summed E-state index contributed by atoms with van der Waals surface area (Å²) in [5.41, 5.74) is 0. The minimum Gasteiger partial charge on any atom is -0.384 e. The average molecular weight is 185 g/mol. The third-order valence-electron chi connectivity index (χ3n) is 2.90. The third-order valence-corrected chi connectivity index (χ3v) is 2.90. The van der Waals surface area contributed by atoms with Gasteiger partial charge in [-0.15, -0.1) is 0 Å². The Labute approximate surface area is 82.0 Å². The summed E-state index contributed by atoms with van der Waals surface area (Å²) in [6.45, 7) is 5.38. The molecule has 0 aromatic rings. The first-order chi connectivity index (χ1) is 6.33. The van der Waals surface area contributed by atoms with Crippen molar-refractivity contribution in [2.75, 3.05) is 26.8 Å². The Morgan fingerprint density at radius 1 is 1.46 bits per heavy atom. The van der Waals surface area contributed by atoms with Crippen molar-refractivity contribution in [2.24, 2.45) is 11.8 Å². The zero-order chi connectivity index (χ0) is 9.52. The molecular weight excluding hydrogens is 162 g/mol. The Bertz CT molecular complexity index is 123. The van der Waals surface area contributed by atoms with Gasteiger partial charge in [-0.05, 0) is 31.3 Å². The molecule has 0 radical (unpaired) electrons. The summed E-state index contributed by atoms with van der Waals surface area (Å²) in [4.78, 5) is 0. The van der Waals surface area contributed by atoms with Crippen molar-refractivity contribution in [3.63, 3.8) is 0 Å². The summed E-state index contributed by atoms with van der Waals surface area (Å²) in [7, 11) is 1.77. The lowest BCUT2D eigenvalue weighted by Gasteiger charge is -2.25. The fraction of sp³-hybridized carbons (Fsp3) is 1.00. The van der Waals surface area contributed by atoms with Gasteiger partial charge in [0.05, 0.1) is 0 Å². The number of hydrogen-bond acceptors (Lipinski definition) is 2. The molecule has 1 aliphatic rings. The Morgan fingerprint density at radius 2 is 2.23 bits per heavy atom. The molecule has 0 aromatic carbocycles. The van der Waals surface area contributed by atoms with E-state index in [0.717, 1.165) is 19.1 Å². The molecule has 2 nitrogen and oxygen atoms in total. The van der Waals surface area contributed by atoms with Crippen molar-refractivity contribution in [2.45, 2.75) is 32.6 Å². The first-order valence-corrected chi connectivity index (χ1v) is 5.52. The van der Waals surface area contributed by atoms with E-state index in [1.54, 1.807) is 7.11 Å². The van der Waals surface area contributed by atoms with Gasteiger partial charge in [-0.1, -0.05) is 26.2 Å². The maximum Gasteiger partial charge on any atom is 0.0499 e. The fourth-order valence-electron chi connectivity index (χ4n) is 1.78. The van der Waals surface area contributed by atoms with Crippen LogP contribution in [0.15, 0.2) is 0 Å². The van der Waals surface area contributed by atoms with Crippen LogP contribution in [-0.4, -0.2) is 26.8 Å². The lowest BCUT2D eigenvalue weighted by atomic mass is 9.83. The highest BCUT2D eigenvalue weighted by Gasteiger charge is 2.16. The van der Waals surface area contributed by atoms with Crippen LogP contribution in [0.3, 0.4) is 0 Å². The van der Waals surface area contributed by atoms with Gasteiger partial charge in [0.1, 0.15) is 0 Å². The van der Waals surface area contributed by atoms with Crippen LogP contribution in [0.25, 0.3) is 0 Å². The van der Waals surface area contributed by atoms with Crippen LogP contribution in [0.2, 0.25) is 0 Å². The Kier molecular flexibility index (Phi) is 5.40. The van der Waals surface area contributed by atoms with E-state index in [-0.39, 0.29) is 0 Å². The van der Waals surface area contributed by atoms with Crippen molar-refractivity contribution in [3.8, 4) is 0 Å². The standard InChI is InChI=1S/C11H23NO/c1-10(9-13-2)8-12-7-6-11-4-3-5-11/h10-12H,3-9H2,1-2H3. The first kappa shape index (κ1) is 11.0. The van der Waals surface area contributed by atoms with Gasteiger partial charge in [0.2, 0.25) is 0 Å². The van der Waals surface area contributed by atoms with E-state index >= 15 is 0 Å². The SMILES string of the molecule is COCC(C)CNCCC1CCC1. The molecule has 0 saturated heterocycles. The minimum absolute atomic E-state index is 0.645. The van der Waals surface area contributed by atoms with Crippen molar-refractivity contribution in [1.82, 2.24) is 5.32 Å². The van der Waals surface area contributed by atoms with Crippen LogP contribution >= 0.6 is 0 Å². The zero-order valence-corrected chi connectivity index (χ0v) is 9.01. The van der Waals surface area contributed by atoms with Crippen molar-refractivity contribution in [1.29, 1.82) is 0 Å². The normalized spacial score (nSPS) is 19.8. The van der Waals surface area contributed by atoms with Crippen molar-refractivity contribution >= 4 is 0 Å². The topological polar surface area (TPSA) is 21.3 Å². The van der Waals surface area contributed by atoms with Gasteiger partial charge in [0.15, 0.2) is 0 Å². The maximum atomic E-state index is 5.07. The molecule has 0 aliphatic heterocycles. The molecule has 1 saturated carbocycles. The highest BCUT2D eigenvalue weighted by molar-refractivity contribution is 4.70. The molecule has 0 aromatic heterocycles. The molecule has 78 valence electrons. The predicted molar refractivity (Wildman–Crippen MR) is 55.9 cm³/mol. The van der Waals surface area contributed by atoms with Gasteiger partial charge in [-0.25, -0.2) is 0 Å². The van der Waals surface area contributed by atoms with Gasteiger partial charge < -0.3 is 10.1 Å². The van der Waals surface area contributed by atoms with Gasteiger partial charge in [0, 0.05) is 13.7 Å². The van der Waals surface area contributed by atoms with Gasteiger partial charge in [-0.3, -0.25) is 0 Å². The monoisotopic (exact) mass is 185 g/mol. The molecule has 0 heterocycles. The van der Waals surface area contributed by atoms with Gasteiger partial charge >= 0.3 is 0 Å². The smallest absolute Gasteiger partial charge is 0.0499 e. The zero-order valence-electron chi connectivity index (χ0n) is 9.01. The highest BCUT2D eigenvalue weighted by atomic mass is 16.5. The number of nitrogens with one attached hydrogen (secondary N) is 1. The van der Waals surface area contributed by atoms with Crippen molar-refractivity contribution < 1.29 is 4.74 Å².